The van der Waals surface area contributed by atoms with Crippen molar-refractivity contribution in [2.45, 2.75) is 24.7 Å². The van der Waals surface area contributed by atoms with E-state index in [1.807, 2.05) is 11.8 Å². The van der Waals surface area contributed by atoms with E-state index in [-0.39, 0.29) is 0 Å². The fourth-order valence-electron chi connectivity index (χ4n) is 0.920. The topological polar surface area (TPSA) is 0 Å². The molecular weight excluding hydrogens is 164 g/mol. The van der Waals surface area contributed by atoms with Gasteiger partial charge in [0, 0.05) is 4.90 Å². The molecule has 1 rings (SSSR count). The SMILES string of the molecule is [CH2]c1ccc(SCCCC)cc1. The molecule has 1 aromatic carbocycles. The van der Waals surface area contributed by atoms with Crippen molar-refractivity contribution < 1.29 is 0 Å². The summed E-state index contributed by atoms with van der Waals surface area (Å²) in [5.74, 6) is 1.23. The van der Waals surface area contributed by atoms with Crippen LogP contribution >= 0.6 is 11.8 Å². The maximum Gasteiger partial charge on any atom is 0.00721 e. The Morgan fingerprint density at radius 1 is 1.25 bits per heavy atom. The van der Waals surface area contributed by atoms with E-state index >= 15 is 0 Å². The van der Waals surface area contributed by atoms with E-state index < -0.39 is 0 Å². The van der Waals surface area contributed by atoms with Gasteiger partial charge < -0.3 is 0 Å². The summed E-state index contributed by atoms with van der Waals surface area (Å²) >= 11 is 1.93. The molecule has 1 aromatic rings. The highest BCUT2D eigenvalue weighted by Crippen LogP contribution is 2.19. The van der Waals surface area contributed by atoms with E-state index in [1.165, 1.54) is 23.5 Å². The molecule has 1 radical (unpaired) electrons. The van der Waals surface area contributed by atoms with Gasteiger partial charge in [-0.15, -0.1) is 11.8 Å². The number of benzene rings is 1. The Kier molecular flexibility index (Phi) is 4.23. The van der Waals surface area contributed by atoms with Crippen molar-refractivity contribution in [2.24, 2.45) is 0 Å². The van der Waals surface area contributed by atoms with Gasteiger partial charge in [0.2, 0.25) is 0 Å². The summed E-state index contributed by atoms with van der Waals surface area (Å²) in [7, 11) is 0. The Morgan fingerprint density at radius 2 is 1.92 bits per heavy atom. The van der Waals surface area contributed by atoms with Gasteiger partial charge in [-0.25, -0.2) is 0 Å². The van der Waals surface area contributed by atoms with Gasteiger partial charge in [-0.1, -0.05) is 25.5 Å². The highest BCUT2D eigenvalue weighted by molar-refractivity contribution is 7.99. The van der Waals surface area contributed by atoms with E-state index in [2.05, 4.69) is 38.1 Å². The molecule has 0 aliphatic carbocycles. The van der Waals surface area contributed by atoms with Gasteiger partial charge in [-0.3, -0.25) is 0 Å². The van der Waals surface area contributed by atoms with Crippen LogP contribution in [0.4, 0.5) is 0 Å². The summed E-state index contributed by atoms with van der Waals surface area (Å²) in [6, 6.07) is 8.41. The Hall–Kier alpha value is -0.430. The third-order valence-electron chi connectivity index (χ3n) is 1.69. The normalized spacial score (nSPS) is 10.2. The molecule has 0 aliphatic rings. The third kappa shape index (κ3) is 3.31. The molecule has 0 bridgehead atoms. The van der Waals surface area contributed by atoms with Crippen LogP contribution in [-0.4, -0.2) is 5.75 Å². The van der Waals surface area contributed by atoms with Gasteiger partial charge in [0.25, 0.3) is 0 Å². The Morgan fingerprint density at radius 3 is 2.50 bits per heavy atom. The summed E-state index contributed by atoms with van der Waals surface area (Å²) in [6.07, 6.45) is 2.58. The van der Waals surface area contributed by atoms with Crippen LogP contribution in [0.25, 0.3) is 0 Å². The number of hydrogen-bond donors (Lipinski definition) is 0. The van der Waals surface area contributed by atoms with E-state index in [9.17, 15) is 0 Å². The Balaban J connectivity index is 2.37. The van der Waals surface area contributed by atoms with Crippen molar-refractivity contribution in [3.05, 3.63) is 36.8 Å². The molecule has 0 saturated heterocycles. The van der Waals surface area contributed by atoms with E-state index in [0.29, 0.717) is 0 Å². The summed E-state index contributed by atoms with van der Waals surface area (Å²) in [6.45, 7) is 6.07. The van der Waals surface area contributed by atoms with Gasteiger partial charge in [0.15, 0.2) is 0 Å². The first-order chi connectivity index (χ1) is 5.83. The number of rotatable bonds is 4. The van der Waals surface area contributed by atoms with Crippen molar-refractivity contribution in [1.29, 1.82) is 0 Å². The predicted molar refractivity (Wildman–Crippen MR) is 56.5 cm³/mol. The first kappa shape index (κ1) is 9.66. The lowest BCUT2D eigenvalue weighted by molar-refractivity contribution is 0.896. The molecule has 0 atom stereocenters. The Labute approximate surface area is 79.4 Å². The minimum Gasteiger partial charge on any atom is -0.126 e. The molecule has 0 nitrogen and oxygen atoms in total. The zero-order chi connectivity index (χ0) is 8.81. The Bertz CT molecular complexity index is 213. The number of hydrogen-bond acceptors (Lipinski definition) is 1. The standard InChI is InChI=1S/C11H15S/c1-3-4-9-12-11-7-5-10(2)6-8-11/h5-8H,2-4,9H2,1H3. The fraction of sp³-hybridized carbons (Fsp3) is 0.364. The molecule has 0 unspecified atom stereocenters. The molecule has 0 aliphatic heterocycles. The van der Waals surface area contributed by atoms with Crippen LogP contribution in [0.1, 0.15) is 25.3 Å². The van der Waals surface area contributed by atoms with Crippen LogP contribution in [0.15, 0.2) is 29.2 Å². The van der Waals surface area contributed by atoms with E-state index in [4.69, 9.17) is 0 Å². The average molecular weight is 179 g/mol. The fourth-order valence-corrected chi connectivity index (χ4v) is 1.92. The first-order valence-corrected chi connectivity index (χ1v) is 5.36. The van der Waals surface area contributed by atoms with Gasteiger partial charge in [-0.2, -0.15) is 0 Å². The zero-order valence-electron chi connectivity index (χ0n) is 7.55. The lowest BCUT2D eigenvalue weighted by Gasteiger charge is -1.99. The van der Waals surface area contributed by atoms with Crippen molar-refractivity contribution in [2.75, 3.05) is 5.75 Å². The van der Waals surface area contributed by atoms with Crippen molar-refractivity contribution in [3.63, 3.8) is 0 Å². The van der Waals surface area contributed by atoms with Crippen molar-refractivity contribution in [1.82, 2.24) is 0 Å². The molecular formula is C11H15S. The van der Waals surface area contributed by atoms with Crippen LogP contribution in [-0.2, 0) is 0 Å². The number of unbranched alkanes of at least 4 members (excludes halogenated alkanes) is 1. The summed E-state index contributed by atoms with van der Waals surface area (Å²) in [5.41, 5.74) is 1.09. The minimum absolute atomic E-state index is 1.09. The highest BCUT2D eigenvalue weighted by atomic mass is 32.2. The van der Waals surface area contributed by atoms with Crippen LogP contribution in [0.5, 0.6) is 0 Å². The maximum absolute atomic E-state index is 3.85. The van der Waals surface area contributed by atoms with Crippen molar-refractivity contribution >= 4 is 11.8 Å². The van der Waals surface area contributed by atoms with Gasteiger partial charge in [0.05, 0.1) is 0 Å². The monoisotopic (exact) mass is 179 g/mol. The lowest BCUT2D eigenvalue weighted by Crippen LogP contribution is -1.78. The van der Waals surface area contributed by atoms with Gasteiger partial charge in [-0.05, 0) is 36.8 Å². The van der Waals surface area contributed by atoms with Crippen LogP contribution in [0.3, 0.4) is 0 Å². The van der Waals surface area contributed by atoms with Gasteiger partial charge >= 0.3 is 0 Å². The molecule has 1 heteroatoms. The van der Waals surface area contributed by atoms with E-state index in [0.717, 1.165) is 5.56 Å². The molecule has 12 heavy (non-hydrogen) atoms. The van der Waals surface area contributed by atoms with Crippen LogP contribution < -0.4 is 0 Å². The third-order valence-corrected chi connectivity index (χ3v) is 2.79. The summed E-state index contributed by atoms with van der Waals surface area (Å²) < 4.78 is 0. The minimum atomic E-state index is 1.09. The number of thioether (sulfide) groups is 1. The summed E-state index contributed by atoms with van der Waals surface area (Å²) in [4.78, 5) is 1.36. The molecule has 0 saturated carbocycles. The van der Waals surface area contributed by atoms with Crippen LogP contribution in [0.2, 0.25) is 0 Å². The first-order valence-electron chi connectivity index (χ1n) is 4.37. The largest absolute Gasteiger partial charge is 0.126 e. The van der Waals surface area contributed by atoms with Crippen LogP contribution in [0, 0.1) is 6.92 Å². The molecule has 0 aromatic heterocycles. The quantitative estimate of drug-likeness (QED) is 0.501. The smallest absolute Gasteiger partial charge is 0.00721 e. The highest BCUT2D eigenvalue weighted by Gasteiger charge is 1.91. The van der Waals surface area contributed by atoms with Gasteiger partial charge in [0.1, 0.15) is 0 Å². The molecule has 0 spiro atoms. The molecule has 0 amide bonds. The zero-order valence-corrected chi connectivity index (χ0v) is 8.36. The molecule has 0 fully saturated rings. The summed E-state index contributed by atoms with van der Waals surface area (Å²) in [5, 5.41) is 0. The second-order valence-corrected chi connectivity index (χ2v) is 4.01. The molecule has 65 valence electrons. The van der Waals surface area contributed by atoms with Crippen molar-refractivity contribution in [3.8, 4) is 0 Å². The predicted octanol–water partition coefficient (Wildman–Crippen LogP) is 3.76. The molecule has 0 N–H and O–H groups in total. The molecule has 0 heterocycles. The second kappa shape index (κ2) is 5.26. The second-order valence-electron chi connectivity index (χ2n) is 2.85. The average Bonchev–Trinajstić information content (AvgIpc) is 2.09. The maximum atomic E-state index is 3.85. The lowest BCUT2D eigenvalue weighted by atomic mass is 10.2. The van der Waals surface area contributed by atoms with E-state index in [1.54, 1.807) is 0 Å².